The average Bonchev–Trinajstić information content (AvgIpc) is 2.95. The van der Waals surface area contributed by atoms with E-state index in [1.54, 1.807) is 0 Å². The van der Waals surface area contributed by atoms with Gasteiger partial charge < -0.3 is 4.57 Å². The van der Waals surface area contributed by atoms with Gasteiger partial charge in [-0.05, 0) is 25.8 Å². The highest BCUT2D eigenvalue weighted by Crippen LogP contribution is 2.40. The van der Waals surface area contributed by atoms with Gasteiger partial charge in [0.1, 0.15) is 17.2 Å². The van der Waals surface area contributed by atoms with Gasteiger partial charge in [-0.1, -0.05) is 12.8 Å². The molecule has 2 aromatic rings. The minimum absolute atomic E-state index is 0.115. The molecule has 1 aliphatic carbocycles. The van der Waals surface area contributed by atoms with Crippen LogP contribution in [-0.4, -0.2) is 15.4 Å². The summed E-state index contributed by atoms with van der Waals surface area (Å²) >= 11 is 5.84. The zero-order valence-corrected chi connectivity index (χ0v) is 12.2. The molecule has 1 aromatic carbocycles. The van der Waals surface area contributed by atoms with E-state index in [4.69, 9.17) is 11.6 Å². The molecular formula is C15H17ClF2N2. The van der Waals surface area contributed by atoms with Crippen molar-refractivity contribution in [2.75, 3.05) is 5.88 Å². The monoisotopic (exact) mass is 298 g/mol. The first-order valence-electron chi connectivity index (χ1n) is 6.98. The molecule has 5 heteroatoms. The smallest absolute Gasteiger partial charge is 0.153 e. The summed E-state index contributed by atoms with van der Waals surface area (Å²) in [6.07, 6.45) is 4.84. The SMILES string of the molecule is CC1(n2c(CCCl)nc3c(F)cc(F)cc32)CCCC1. The van der Waals surface area contributed by atoms with E-state index in [1.807, 2.05) is 4.57 Å². The van der Waals surface area contributed by atoms with Crippen LogP contribution in [0.3, 0.4) is 0 Å². The molecule has 1 aliphatic rings. The Balaban J connectivity index is 2.28. The second-order valence-electron chi connectivity index (χ2n) is 5.76. The van der Waals surface area contributed by atoms with Gasteiger partial charge in [0.2, 0.25) is 0 Å². The molecule has 20 heavy (non-hydrogen) atoms. The Hall–Kier alpha value is -1.16. The van der Waals surface area contributed by atoms with Crippen LogP contribution in [0.15, 0.2) is 12.1 Å². The van der Waals surface area contributed by atoms with E-state index in [1.165, 1.54) is 6.07 Å². The molecule has 0 spiro atoms. The van der Waals surface area contributed by atoms with Crippen molar-refractivity contribution in [3.8, 4) is 0 Å². The summed E-state index contributed by atoms with van der Waals surface area (Å²) in [5.41, 5.74) is 0.683. The Morgan fingerprint density at radius 3 is 2.65 bits per heavy atom. The highest BCUT2D eigenvalue weighted by atomic mass is 35.5. The molecule has 0 saturated heterocycles. The first-order valence-corrected chi connectivity index (χ1v) is 7.51. The number of fused-ring (bicyclic) bond motifs is 1. The Labute approximate surface area is 121 Å². The molecule has 0 bridgehead atoms. The maximum atomic E-state index is 13.9. The molecule has 0 aliphatic heterocycles. The number of hydrogen-bond donors (Lipinski definition) is 0. The second-order valence-corrected chi connectivity index (χ2v) is 6.14. The standard InChI is InChI=1S/C15H17ClF2N2/c1-15(5-2-3-6-15)20-12-9-10(17)8-11(18)14(12)19-13(20)4-7-16/h8-9H,2-7H2,1H3. The van der Waals surface area contributed by atoms with Crippen molar-refractivity contribution in [3.63, 3.8) is 0 Å². The van der Waals surface area contributed by atoms with Gasteiger partial charge in [-0.15, -0.1) is 11.6 Å². The lowest BCUT2D eigenvalue weighted by atomic mass is 9.99. The molecule has 1 aromatic heterocycles. The third-order valence-corrected chi connectivity index (χ3v) is 4.48. The summed E-state index contributed by atoms with van der Waals surface area (Å²) < 4.78 is 29.5. The third kappa shape index (κ3) is 2.10. The molecule has 0 amide bonds. The number of rotatable bonds is 3. The minimum Gasteiger partial charge on any atom is -0.322 e. The van der Waals surface area contributed by atoms with Crippen LogP contribution >= 0.6 is 11.6 Å². The first kappa shape index (κ1) is 13.8. The van der Waals surface area contributed by atoms with E-state index >= 15 is 0 Å². The van der Waals surface area contributed by atoms with Crippen molar-refractivity contribution < 1.29 is 8.78 Å². The van der Waals surface area contributed by atoms with E-state index in [0.717, 1.165) is 37.6 Å². The van der Waals surface area contributed by atoms with Crippen LogP contribution < -0.4 is 0 Å². The zero-order valence-electron chi connectivity index (χ0n) is 11.4. The Morgan fingerprint density at radius 2 is 2.00 bits per heavy atom. The normalized spacial score (nSPS) is 18.0. The number of aryl methyl sites for hydroxylation is 1. The fourth-order valence-electron chi connectivity index (χ4n) is 3.37. The summed E-state index contributed by atoms with van der Waals surface area (Å²) in [6, 6.07) is 2.27. The van der Waals surface area contributed by atoms with Gasteiger partial charge in [-0.25, -0.2) is 13.8 Å². The van der Waals surface area contributed by atoms with Gasteiger partial charge in [0.15, 0.2) is 5.82 Å². The van der Waals surface area contributed by atoms with Crippen LogP contribution in [0.5, 0.6) is 0 Å². The minimum atomic E-state index is -0.601. The van der Waals surface area contributed by atoms with E-state index in [-0.39, 0.29) is 11.1 Å². The number of imidazole rings is 1. The Morgan fingerprint density at radius 1 is 1.30 bits per heavy atom. The molecule has 2 nitrogen and oxygen atoms in total. The average molecular weight is 299 g/mol. The van der Waals surface area contributed by atoms with Gasteiger partial charge >= 0.3 is 0 Å². The number of aromatic nitrogens is 2. The molecule has 0 atom stereocenters. The number of halogens is 3. The largest absolute Gasteiger partial charge is 0.322 e. The summed E-state index contributed by atoms with van der Waals surface area (Å²) in [7, 11) is 0. The number of benzene rings is 1. The van der Waals surface area contributed by atoms with Crippen LogP contribution in [0, 0.1) is 11.6 Å². The number of nitrogens with zero attached hydrogens (tertiary/aromatic N) is 2. The topological polar surface area (TPSA) is 17.8 Å². The second kappa shape index (κ2) is 4.99. The molecule has 0 unspecified atom stereocenters. The zero-order chi connectivity index (χ0) is 14.3. The molecule has 0 N–H and O–H groups in total. The Bertz CT molecular complexity index is 645. The highest BCUT2D eigenvalue weighted by molar-refractivity contribution is 6.17. The molecule has 0 radical (unpaired) electrons. The quantitative estimate of drug-likeness (QED) is 0.769. The molecule has 1 saturated carbocycles. The molecule has 108 valence electrons. The van der Waals surface area contributed by atoms with Gasteiger partial charge in [-0.2, -0.15) is 0 Å². The molecule has 1 heterocycles. The van der Waals surface area contributed by atoms with Crippen LogP contribution in [-0.2, 0) is 12.0 Å². The first-order chi connectivity index (χ1) is 9.55. The fraction of sp³-hybridized carbons (Fsp3) is 0.533. The summed E-state index contributed by atoms with van der Waals surface area (Å²) in [4.78, 5) is 4.37. The molecular weight excluding hydrogens is 282 g/mol. The van der Waals surface area contributed by atoms with Crippen LogP contribution in [0.4, 0.5) is 8.78 Å². The van der Waals surface area contributed by atoms with E-state index in [0.29, 0.717) is 17.8 Å². The maximum Gasteiger partial charge on any atom is 0.153 e. The number of alkyl halides is 1. The van der Waals surface area contributed by atoms with Crippen molar-refractivity contribution in [3.05, 3.63) is 29.6 Å². The van der Waals surface area contributed by atoms with Crippen molar-refractivity contribution in [1.29, 1.82) is 0 Å². The van der Waals surface area contributed by atoms with Crippen LogP contribution in [0.25, 0.3) is 11.0 Å². The summed E-state index contributed by atoms with van der Waals surface area (Å²) in [5, 5.41) is 0. The van der Waals surface area contributed by atoms with Gasteiger partial charge in [0.25, 0.3) is 0 Å². The van der Waals surface area contributed by atoms with Gasteiger partial charge in [0, 0.05) is 23.9 Å². The van der Waals surface area contributed by atoms with Crippen LogP contribution in [0.1, 0.15) is 38.4 Å². The van der Waals surface area contributed by atoms with Gasteiger partial charge in [-0.3, -0.25) is 0 Å². The van der Waals surface area contributed by atoms with Crippen molar-refractivity contribution in [2.45, 2.75) is 44.6 Å². The third-order valence-electron chi connectivity index (χ3n) is 4.29. The van der Waals surface area contributed by atoms with E-state index < -0.39 is 11.6 Å². The number of hydrogen-bond acceptors (Lipinski definition) is 1. The maximum absolute atomic E-state index is 13.9. The fourth-order valence-corrected chi connectivity index (χ4v) is 3.54. The Kier molecular flexibility index (Phi) is 3.44. The predicted molar refractivity (Wildman–Crippen MR) is 76.2 cm³/mol. The molecule has 1 fully saturated rings. The van der Waals surface area contributed by atoms with Crippen molar-refractivity contribution >= 4 is 22.6 Å². The van der Waals surface area contributed by atoms with Gasteiger partial charge in [0.05, 0.1) is 5.52 Å². The van der Waals surface area contributed by atoms with Crippen LogP contribution in [0.2, 0.25) is 0 Å². The highest BCUT2D eigenvalue weighted by Gasteiger charge is 2.34. The lowest BCUT2D eigenvalue weighted by Crippen LogP contribution is -2.28. The van der Waals surface area contributed by atoms with E-state index in [2.05, 4.69) is 11.9 Å². The lowest BCUT2D eigenvalue weighted by molar-refractivity contribution is 0.329. The lowest BCUT2D eigenvalue weighted by Gasteiger charge is -2.28. The summed E-state index contributed by atoms with van der Waals surface area (Å²) in [5.74, 6) is 0.0130. The van der Waals surface area contributed by atoms with Crippen molar-refractivity contribution in [2.24, 2.45) is 0 Å². The van der Waals surface area contributed by atoms with Crippen molar-refractivity contribution in [1.82, 2.24) is 9.55 Å². The predicted octanol–water partition coefficient (Wildman–Crippen LogP) is 4.39. The van der Waals surface area contributed by atoms with E-state index in [9.17, 15) is 8.78 Å². The summed E-state index contributed by atoms with van der Waals surface area (Å²) in [6.45, 7) is 2.14. The molecule has 3 rings (SSSR count).